The number of aromatic nitrogens is 2. The molecule has 0 N–H and O–H groups in total. The van der Waals surface area contributed by atoms with Crippen molar-refractivity contribution in [3.05, 3.63) is 86.3 Å². The Morgan fingerprint density at radius 3 is 2.73 bits per heavy atom. The van der Waals surface area contributed by atoms with Crippen LogP contribution in [-0.2, 0) is 0 Å². The molecule has 5 aromatic rings. The SMILES string of the molecule is O=c1/c(=C/c2ccc(-c3ccccc3Cl)o2)sc2nc3ccccc3n12. The molecule has 0 spiro atoms. The van der Waals surface area contributed by atoms with E-state index in [2.05, 4.69) is 4.98 Å². The van der Waals surface area contributed by atoms with Gasteiger partial charge in [0.1, 0.15) is 16.1 Å². The highest BCUT2D eigenvalue weighted by Crippen LogP contribution is 2.29. The molecule has 2 aromatic carbocycles. The van der Waals surface area contributed by atoms with Gasteiger partial charge in [-0.05, 0) is 36.4 Å². The van der Waals surface area contributed by atoms with E-state index in [1.807, 2.05) is 60.7 Å². The van der Waals surface area contributed by atoms with Crippen LogP contribution in [0.3, 0.4) is 0 Å². The van der Waals surface area contributed by atoms with E-state index in [0.29, 0.717) is 26.0 Å². The average molecular weight is 379 g/mol. The molecule has 3 heterocycles. The number of para-hydroxylation sites is 2. The number of fused-ring (bicyclic) bond motifs is 3. The van der Waals surface area contributed by atoms with Gasteiger partial charge in [-0.25, -0.2) is 9.38 Å². The first-order chi connectivity index (χ1) is 12.7. The molecule has 0 radical (unpaired) electrons. The summed E-state index contributed by atoms with van der Waals surface area (Å²) in [5, 5.41) is 0.624. The van der Waals surface area contributed by atoms with Crippen LogP contribution in [0, 0.1) is 0 Å². The maximum Gasteiger partial charge on any atom is 0.275 e. The lowest BCUT2D eigenvalue weighted by Gasteiger charge is -1.98. The number of hydrogen-bond donors (Lipinski definition) is 0. The van der Waals surface area contributed by atoms with Gasteiger partial charge in [0.05, 0.1) is 16.1 Å². The van der Waals surface area contributed by atoms with Crippen LogP contribution in [0.5, 0.6) is 0 Å². The van der Waals surface area contributed by atoms with Crippen LogP contribution >= 0.6 is 22.9 Å². The molecule has 0 saturated carbocycles. The molecule has 0 aliphatic rings. The fraction of sp³-hybridized carbons (Fsp3) is 0. The number of imidazole rings is 1. The summed E-state index contributed by atoms with van der Waals surface area (Å²) >= 11 is 7.57. The maximum atomic E-state index is 12.8. The Kier molecular flexibility index (Phi) is 3.45. The summed E-state index contributed by atoms with van der Waals surface area (Å²) in [5.74, 6) is 1.27. The van der Waals surface area contributed by atoms with Gasteiger partial charge in [-0.1, -0.05) is 47.2 Å². The fourth-order valence-electron chi connectivity index (χ4n) is 2.98. The van der Waals surface area contributed by atoms with Crippen molar-refractivity contribution in [2.75, 3.05) is 0 Å². The van der Waals surface area contributed by atoms with Crippen LogP contribution in [0.4, 0.5) is 0 Å². The van der Waals surface area contributed by atoms with Gasteiger partial charge in [-0.2, -0.15) is 0 Å². The molecule has 5 rings (SSSR count). The summed E-state index contributed by atoms with van der Waals surface area (Å²) in [5.41, 5.74) is 2.37. The summed E-state index contributed by atoms with van der Waals surface area (Å²) < 4.78 is 8.09. The lowest BCUT2D eigenvalue weighted by atomic mass is 10.2. The molecule has 0 atom stereocenters. The van der Waals surface area contributed by atoms with Crippen molar-refractivity contribution in [1.29, 1.82) is 0 Å². The number of hydrogen-bond acceptors (Lipinski definition) is 4. The molecule has 6 heteroatoms. The third-order valence-corrected chi connectivity index (χ3v) is 5.48. The Bertz CT molecular complexity index is 1380. The molecule has 0 amide bonds. The smallest absolute Gasteiger partial charge is 0.275 e. The number of halogens is 1. The van der Waals surface area contributed by atoms with E-state index in [4.69, 9.17) is 16.0 Å². The molecule has 0 saturated heterocycles. The first kappa shape index (κ1) is 15.4. The van der Waals surface area contributed by atoms with Gasteiger partial charge in [0, 0.05) is 11.6 Å². The molecular weight excluding hydrogens is 368 g/mol. The number of furan rings is 1. The predicted octanol–water partition coefficient (Wildman–Crippen LogP) is 4.37. The molecular formula is C20H11ClN2O2S. The summed E-state index contributed by atoms with van der Waals surface area (Å²) in [6.07, 6.45) is 1.75. The summed E-state index contributed by atoms with van der Waals surface area (Å²) in [4.78, 5) is 18.0. The zero-order valence-corrected chi connectivity index (χ0v) is 14.9. The Balaban J connectivity index is 1.65. The Morgan fingerprint density at radius 1 is 1.04 bits per heavy atom. The number of rotatable bonds is 2. The van der Waals surface area contributed by atoms with E-state index >= 15 is 0 Å². The highest BCUT2D eigenvalue weighted by Gasteiger charge is 2.12. The summed E-state index contributed by atoms with van der Waals surface area (Å²) in [6, 6.07) is 18.8. The highest BCUT2D eigenvalue weighted by molar-refractivity contribution is 7.15. The van der Waals surface area contributed by atoms with Gasteiger partial charge in [-0.15, -0.1) is 0 Å². The van der Waals surface area contributed by atoms with Crippen molar-refractivity contribution in [2.24, 2.45) is 0 Å². The highest BCUT2D eigenvalue weighted by atomic mass is 35.5. The standard InChI is InChI=1S/C20H11ClN2O2S/c21-14-6-2-1-5-13(14)17-10-9-12(25-17)11-18-19(24)23-16-8-4-3-7-15(16)22-20(23)26-18/h1-11H/b18-11-. The summed E-state index contributed by atoms with van der Waals surface area (Å²) in [7, 11) is 0. The molecule has 26 heavy (non-hydrogen) atoms. The van der Waals surface area contributed by atoms with E-state index in [-0.39, 0.29) is 5.56 Å². The van der Waals surface area contributed by atoms with Gasteiger partial charge >= 0.3 is 0 Å². The second-order valence-corrected chi connectivity index (χ2v) is 7.23. The minimum absolute atomic E-state index is 0.0885. The lowest BCUT2D eigenvalue weighted by molar-refractivity contribution is 0.571. The third kappa shape index (κ3) is 2.36. The molecule has 3 aromatic heterocycles. The van der Waals surface area contributed by atoms with E-state index in [1.165, 1.54) is 11.3 Å². The van der Waals surface area contributed by atoms with Crippen LogP contribution in [-0.4, -0.2) is 9.38 Å². The van der Waals surface area contributed by atoms with Crippen molar-refractivity contribution in [1.82, 2.24) is 9.38 Å². The van der Waals surface area contributed by atoms with Gasteiger partial charge in [-0.3, -0.25) is 4.79 Å². The van der Waals surface area contributed by atoms with Gasteiger partial charge in [0.2, 0.25) is 0 Å². The van der Waals surface area contributed by atoms with Crippen molar-refractivity contribution in [3.8, 4) is 11.3 Å². The Labute approximate surface area is 156 Å². The van der Waals surface area contributed by atoms with Gasteiger partial charge in [0.25, 0.3) is 5.56 Å². The van der Waals surface area contributed by atoms with Crippen LogP contribution in [0.1, 0.15) is 5.76 Å². The second-order valence-electron chi connectivity index (χ2n) is 5.82. The minimum atomic E-state index is -0.0885. The molecule has 0 unspecified atom stereocenters. The fourth-order valence-corrected chi connectivity index (χ4v) is 4.17. The molecule has 4 nitrogen and oxygen atoms in total. The van der Waals surface area contributed by atoms with E-state index in [9.17, 15) is 4.79 Å². The summed E-state index contributed by atoms with van der Waals surface area (Å²) in [6.45, 7) is 0. The van der Waals surface area contributed by atoms with Gasteiger partial charge < -0.3 is 4.42 Å². The van der Waals surface area contributed by atoms with Crippen molar-refractivity contribution in [3.63, 3.8) is 0 Å². The van der Waals surface area contributed by atoms with Crippen LogP contribution in [0.25, 0.3) is 33.4 Å². The predicted molar refractivity (Wildman–Crippen MR) is 105 cm³/mol. The Hall–Kier alpha value is -2.89. The lowest BCUT2D eigenvalue weighted by Crippen LogP contribution is -2.22. The third-order valence-electron chi connectivity index (χ3n) is 4.18. The van der Waals surface area contributed by atoms with Crippen LogP contribution < -0.4 is 10.1 Å². The first-order valence-electron chi connectivity index (χ1n) is 7.97. The van der Waals surface area contributed by atoms with E-state index in [0.717, 1.165) is 16.6 Å². The minimum Gasteiger partial charge on any atom is -0.457 e. The van der Waals surface area contributed by atoms with Crippen LogP contribution in [0.15, 0.2) is 69.9 Å². The molecule has 126 valence electrons. The number of thiazole rings is 1. The van der Waals surface area contributed by atoms with Crippen molar-refractivity contribution in [2.45, 2.75) is 0 Å². The number of benzene rings is 2. The van der Waals surface area contributed by atoms with E-state index in [1.54, 1.807) is 10.5 Å². The Morgan fingerprint density at radius 2 is 1.85 bits per heavy atom. The van der Waals surface area contributed by atoms with Crippen LogP contribution in [0.2, 0.25) is 5.02 Å². The van der Waals surface area contributed by atoms with Gasteiger partial charge in [0.15, 0.2) is 4.96 Å². The zero-order chi connectivity index (χ0) is 17.7. The first-order valence-corrected chi connectivity index (χ1v) is 9.16. The topological polar surface area (TPSA) is 47.5 Å². The monoisotopic (exact) mass is 378 g/mol. The molecule has 0 fully saturated rings. The zero-order valence-electron chi connectivity index (χ0n) is 13.3. The number of nitrogens with zero attached hydrogens (tertiary/aromatic N) is 2. The largest absolute Gasteiger partial charge is 0.457 e. The second kappa shape index (κ2) is 5.83. The molecule has 0 bridgehead atoms. The molecule has 0 aliphatic heterocycles. The average Bonchev–Trinajstić information content (AvgIpc) is 3.32. The maximum absolute atomic E-state index is 12.8. The van der Waals surface area contributed by atoms with Crippen molar-refractivity contribution < 1.29 is 4.42 Å². The van der Waals surface area contributed by atoms with Crippen molar-refractivity contribution >= 4 is 45.0 Å². The quantitative estimate of drug-likeness (QED) is 0.458. The normalized spacial score (nSPS) is 12.4. The molecule has 0 aliphatic carbocycles. The van der Waals surface area contributed by atoms with E-state index < -0.39 is 0 Å².